The van der Waals surface area contributed by atoms with E-state index in [0.717, 1.165) is 54.5 Å². The van der Waals surface area contributed by atoms with Crippen LogP contribution in [-0.2, 0) is 9.53 Å². The monoisotopic (exact) mass is 727 g/mol. The number of hydrogen-bond donors (Lipinski definition) is 3. The lowest BCUT2D eigenvalue weighted by atomic mass is 10.2. The first-order chi connectivity index (χ1) is 25.6. The van der Waals surface area contributed by atoms with Crippen molar-refractivity contribution in [2.45, 2.75) is 74.7 Å². The first-order valence-corrected chi connectivity index (χ1v) is 18.5. The maximum atomic E-state index is 11.6. The van der Waals surface area contributed by atoms with Gasteiger partial charge in [-0.05, 0) is 93.4 Å². The lowest BCUT2D eigenvalue weighted by Crippen LogP contribution is -2.36. The zero-order chi connectivity index (χ0) is 39.4. The highest BCUT2D eigenvalue weighted by atomic mass is 16.5. The van der Waals surface area contributed by atoms with Crippen molar-refractivity contribution >= 4 is 29.1 Å². The van der Waals surface area contributed by atoms with E-state index in [-0.39, 0.29) is 11.8 Å². The van der Waals surface area contributed by atoms with Crippen molar-refractivity contribution in [3.05, 3.63) is 108 Å². The molecule has 4 aromatic rings. The first-order valence-electron chi connectivity index (χ1n) is 18.5. The molecule has 3 heterocycles. The van der Waals surface area contributed by atoms with Crippen molar-refractivity contribution in [3.63, 3.8) is 0 Å². The Hall–Kier alpha value is -5.13. The number of amides is 2. The van der Waals surface area contributed by atoms with Crippen LogP contribution in [0.5, 0.6) is 11.5 Å². The van der Waals surface area contributed by atoms with E-state index in [0.29, 0.717) is 23.1 Å². The molecule has 2 aromatic carbocycles. The number of pyridine rings is 1. The summed E-state index contributed by atoms with van der Waals surface area (Å²) in [5.41, 5.74) is 5.06. The number of benzene rings is 2. The number of carbonyl (C=O) groups is 2. The Bertz CT molecular complexity index is 1620. The number of carbonyl (C=O) groups excluding carboxylic acids is 2. The second-order valence-electron chi connectivity index (χ2n) is 11.7. The maximum absolute atomic E-state index is 11.6. The fourth-order valence-corrected chi connectivity index (χ4v) is 4.24. The molecule has 1 fully saturated rings. The quantitative estimate of drug-likeness (QED) is 0.137. The standard InChI is InChI=1S/C19H19N5O2.C10H11NO.C7H15NO.C4H10.C2H6/c1-12-11-22-19(23-13(12)2)24-14-4-6-15(7-5-14)26-16-8-9-21-17(10-16)18(25)20-3;1-3-10(12)11-9-6-4-5-8(2)7-9;1-2-3-8-4-6-9-7-5-8;1-3-4-2;1-2/h4-11H,1-3H3,(H,20,25)(H,22,23,24);3-7H,1H2,2H3,(H,11,12);2-7H2,1H3;3-4H2,1-2H3;1-2H3. The summed E-state index contributed by atoms with van der Waals surface area (Å²) in [5, 5.41) is 8.36. The smallest absolute Gasteiger partial charge is 0.269 e. The molecule has 0 saturated carbocycles. The van der Waals surface area contributed by atoms with E-state index < -0.39 is 0 Å². The van der Waals surface area contributed by atoms with Crippen LogP contribution in [0.4, 0.5) is 17.3 Å². The number of unbranched alkanes of at least 4 members (excludes halogenated alkanes) is 1. The minimum atomic E-state index is -0.261. The zero-order valence-corrected chi connectivity index (χ0v) is 33.3. The van der Waals surface area contributed by atoms with Crippen LogP contribution in [0.25, 0.3) is 0 Å². The average molecular weight is 728 g/mol. The summed E-state index contributed by atoms with van der Waals surface area (Å²) >= 11 is 0. The molecule has 3 N–H and O–H groups in total. The van der Waals surface area contributed by atoms with E-state index in [4.69, 9.17) is 9.47 Å². The molecular weight excluding hydrogens is 667 g/mol. The Morgan fingerprint density at radius 3 is 2.13 bits per heavy atom. The molecule has 0 atom stereocenters. The fraction of sp³-hybridized carbons (Fsp3) is 0.405. The second-order valence-corrected chi connectivity index (χ2v) is 11.7. The molecule has 11 heteroatoms. The number of aryl methyl sites for hydroxylation is 3. The summed E-state index contributed by atoms with van der Waals surface area (Å²) in [7, 11) is 1.56. The summed E-state index contributed by atoms with van der Waals surface area (Å²) in [4.78, 5) is 37.6. The molecule has 288 valence electrons. The highest BCUT2D eigenvalue weighted by Gasteiger charge is 2.08. The second kappa shape index (κ2) is 27.5. The van der Waals surface area contributed by atoms with Gasteiger partial charge in [0.15, 0.2) is 0 Å². The summed E-state index contributed by atoms with van der Waals surface area (Å²) < 4.78 is 11.0. The van der Waals surface area contributed by atoms with Crippen molar-refractivity contribution in [2.75, 3.05) is 50.5 Å². The fourth-order valence-electron chi connectivity index (χ4n) is 4.24. The van der Waals surface area contributed by atoms with Gasteiger partial charge in [-0.15, -0.1) is 0 Å². The summed E-state index contributed by atoms with van der Waals surface area (Å²) in [5.74, 6) is 1.29. The third-order valence-electron chi connectivity index (χ3n) is 7.38. The summed E-state index contributed by atoms with van der Waals surface area (Å²) in [6, 6.07) is 18.3. The molecule has 11 nitrogen and oxygen atoms in total. The number of morpholine rings is 1. The average Bonchev–Trinajstić information content (AvgIpc) is 3.19. The predicted octanol–water partition coefficient (Wildman–Crippen LogP) is 9.06. The number of anilines is 3. The predicted molar refractivity (Wildman–Crippen MR) is 218 cm³/mol. The van der Waals surface area contributed by atoms with Gasteiger partial charge in [0, 0.05) is 55.7 Å². The third-order valence-corrected chi connectivity index (χ3v) is 7.38. The normalized spacial score (nSPS) is 11.6. The van der Waals surface area contributed by atoms with Crippen LogP contribution < -0.4 is 20.7 Å². The third kappa shape index (κ3) is 19.3. The van der Waals surface area contributed by atoms with E-state index in [1.54, 1.807) is 25.4 Å². The Kier molecular flexibility index (Phi) is 23.8. The zero-order valence-electron chi connectivity index (χ0n) is 33.3. The van der Waals surface area contributed by atoms with Crippen molar-refractivity contribution in [1.82, 2.24) is 25.2 Å². The maximum Gasteiger partial charge on any atom is 0.269 e. The molecule has 0 aliphatic carbocycles. The van der Waals surface area contributed by atoms with Crippen LogP contribution in [0.1, 0.15) is 81.2 Å². The molecule has 5 rings (SSSR count). The topological polar surface area (TPSA) is 131 Å². The lowest BCUT2D eigenvalue weighted by Gasteiger charge is -2.25. The van der Waals surface area contributed by atoms with Crippen molar-refractivity contribution in [3.8, 4) is 11.5 Å². The molecule has 1 aliphatic rings. The van der Waals surface area contributed by atoms with E-state index in [1.807, 2.05) is 83.1 Å². The summed E-state index contributed by atoms with van der Waals surface area (Å²) in [6.45, 7) is 25.2. The van der Waals surface area contributed by atoms with E-state index in [1.165, 1.54) is 38.1 Å². The van der Waals surface area contributed by atoms with Gasteiger partial charge in [0.25, 0.3) is 5.91 Å². The van der Waals surface area contributed by atoms with Gasteiger partial charge in [0.2, 0.25) is 11.9 Å². The Balaban J connectivity index is 0.000000428. The molecule has 53 heavy (non-hydrogen) atoms. The lowest BCUT2D eigenvalue weighted by molar-refractivity contribution is -0.111. The Labute approximate surface area is 317 Å². The van der Waals surface area contributed by atoms with Crippen molar-refractivity contribution < 1.29 is 19.1 Å². The van der Waals surface area contributed by atoms with Crippen molar-refractivity contribution in [2.24, 2.45) is 0 Å². The van der Waals surface area contributed by atoms with E-state index >= 15 is 0 Å². The van der Waals surface area contributed by atoms with Gasteiger partial charge < -0.3 is 25.4 Å². The largest absolute Gasteiger partial charge is 0.457 e. The van der Waals surface area contributed by atoms with Gasteiger partial charge in [0.1, 0.15) is 17.2 Å². The molecule has 1 saturated heterocycles. The Morgan fingerprint density at radius 1 is 0.887 bits per heavy atom. The molecule has 0 radical (unpaired) electrons. The van der Waals surface area contributed by atoms with Gasteiger partial charge >= 0.3 is 0 Å². The van der Waals surface area contributed by atoms with Gasteiger partial charge in [-0.2, -0.15) is 0 Å². The number of nitrogens with zero attached hydrogens (tertiary/aromatic N) is 4. The van der Waals surface area contributed by atoms with Crippen LogP contribution in [0.3, 0.4) is 0 Å². The van der Waals surface area contributed by atoms with Gasteiger partial charge in [-0.25, -0.2) is 9.97 Å². The molecule has 0 unspecified atom stereocenters. The molecular formula is C42H61N7O4. The van der Waals surface area contributed by atoms with Crippen LogP contribution in [0.2, 0.25) is 0 Å². The van der Waals surface area contributed by atoms with Gasteiger partial charge in [0.05, 0.1) is 13.2 Å². The SMILES string of the molecule is C=CC(=O)Nc1cccc(C)c1.CC.CCCC.CCCN1CCOCC1.CNC(=O)c1cc(Oc2ccc(Nc3ncc(C)c(C)n3)cc2)ccn1. The number of ether oxygens (including phenoxy) is 2. The molecule has 0 bridgehead atoms. The van der Waals surface area contributed by atoms with Crippen LogP contribution in [0, 0.1) is 20.8 Å². The van der Waals surface area contributed by atoms with Crippen LogP contribution >= 0.6 is 0 Å². The van der Waals surface area contributed by atoms with Crippen molar-refractivity contribution in [1.29, 1.82) is 0 Å². The number of nitrogens with one attached hydrogen (secondary N) is 3. The number of rotatable bonds is 10. The molecule has 2 aromatic heterocycles. The minimum absolute atomic E-state index is 0.180. The van der Waals surface area contributed by atoms with Crippen LogP contribution in [-0.4, -0.2) is 71.6 Å². The van der Waals surface area contributed by atoms with Crippen LogP contribution in [0.15, 0.2) is 85.7 Å². The Morgan fingerprint density at radius 2 is 1.57 bits per heavy atom. The van der Waals surface area contributed by atoms with Gasteiger partial charge in [-0.1, -0.05) is 66.2 Å². The van der Waals surface area contributed by atoms with E-state index in [9.17, 15) is 9.59 Å². The highest BCUT2D eigenvalue weighted by molar-refractivity contribution is 5.98. The molecule has 0 spiro atoms. The minimum Gasteiger partial charge on any atom is -0.457 e. The highest BCUT2D eigenvalue weighted by Crippen LogP contribution is 2.24. The summed E-state index contributed by atoms with van der Waals surface area (Å²) in [6.07, 6.45) is 8.48. The van der Waals surface area contributed by atoms with E-state index in [2.05, 4.69) is 63.2 Å². The number of aromatic nitrogens is 3. The molecule has 2 amide bonds. The van der Waals surface area contributed by atoms with Gasteiger partial charge in [-0.3, -0.25) is 19.5 Å². The molecule has 1 aliphatic heterocycles. The number of hydrogen-bond acceptors (Lipinski definition) is 9. The first kappa shape index (κ1) is 45.9.